The van der Waals surface area contributed by atoms with Crippen molar-refractivity contribution < 1.29 is 18.3 Å². The molecule has 0 unspecified atom stereocenters. The zero-order chi connectivity index (χ0) is 12.8. The summed E-state index contributed by atoms with van der Waals surface area (Å²) in [6.07, 6.45) is 1.07. The van der Waals surface area contributed by atoms with Gasteiger partial charge in [0.2, 0.25) is 0 Å². The van der Waals surface area contributed by atoms with Crippen molar-refractivity contribution in [3.8, 4) is 0 Å². The molecule has 17 heavy (non-hydrogen) atoms. The summed E-state index contributed by atoms with van der Waals surface area (Å²) in [5.41, 5.74) is 0.706. The Hall–Kier alpha value is -1.07. The smallest absolute Gasteiger partial charge is 0.308 e. The number of carboxylic acid groups (broad SMARTS) is 1. The molecule has 1 fully saturated rings. The third-order valence-electron chi connectivity index (χ3n) is 2.99. The maximum absolute atomic E-state index is 11.5. The molecule has 1 N–H and O–H groups in total. The highest BCUT2D eigenvalue weighted by Gasteiger charge is 2.61. The van der Waals surface area contributed by atoms with Crippen LogP contribution in [0, 0.1) is 5.92 Å². The number of sulfone groups is 1. The van der Waals surface area contributed by atoms with E-state index in [1.54, 1.807) is 24.3 Å². The lowest BCUT2D eigenvalue weighted by Gasteiger charge is -1.99. The molecular formula is C11H11ClO4S. The quantitative estimate of drug-likeness (QED) is 0.908. The standard InChI is InChI=1S/C11H11ClO4S/c1-17(15,16)10-8(9(10)11(13)14)6-2-4-7(12)5-3-6/h2-5,8-10H,1H3,(H,13,14)/t8-,9+,10+/m0/s1. The van der Waals surface area contributed by atoms with Gasteiger partial charge in [0.05, 0.1) is 11.2 Å². The second-order valence-corrected chi connectivity index (χ2v) is 6.88. The summed E-state index contributed by atoms with van der Waals surface area (Å²) in [7, 11) is -3.35. The van der Waals surface area contributed by atoms with Gasteiger partial charge in [0.1, 0.15) is 0 Å². The minimum Gasteiger partial charge on any atom is -0.481 e. The summed E-state index contributed by atoms with van der Waals surface area (Å²) in [4.78, 5) is 11.0. The van der Waals surface area contributed by atoms with Crippen molar-refractivity contribution in [2.24, 2.45) is 5.92 Å². The number of benzene rings is 1. The highest BCUT2D eigenvalue weighted by atomic mass is 35.5. The summed E-state index contributed by atoms with van der Waals surface area (Å²) in [5.74, 6) is -2.37. The van der Waals surface area contributed by atoms with Crippen LogP contribution in [-0.4, -0.2) is 31.0 Å². The van der Waals surface area contributed by atoms with Crippen LogP contribution in [0.2, 0.25) is 5.02 Å². The number of aliphatic carboxylic acids is 1. The first-order valence-corrected chi connectivity index (χ1v) is 7.33. The van der Waals surface area contributed by atoms with E-state index in [4.69, 9.17) is 16.7 Å². The SMILES string of the molecule is CS(=O)(=O)[C@H]1[C@H](C(=O)O)[C@@H]1c1ccc(Cl)cc1. The minimum atomic E-state index is -3.35. The number of hydrogen-bond donors (Lipinski definition) is 1. The zero-order valence-corrected chi connectivity index (χ0v) is 10.6. The average Bonchev–Trinajstić information content (AvgIpc) is 2.93. The number of carboxylic acids is 1. The molecule has 6 heteroatoms. The Labute approximate surface area is 104 Å². The summed E-state index contributed by atoms with van der Waals surface area (Å²) in [5, 5.41) is 8.70. The topological polar surface area (TPSA) is 71.4 Å². The maximum atomic E-state index is 11.5. The molecular weight excluding hydrogens is 264 g/mol. The summed E-state index contributed by atoms with van der Waals surface area (Å²) in [6, 6.07) is 6.61. The molecule has 3 atom stereocenters. The van der Waals surface area contributed by atoms with Crippen LogP contribution in [-0.2, 0) is 14.6 Å². The van der Waals surface area contributed by atoms with Gasteiger partial charge in [-0.15, -0.1) is 0 Å². The number of carbonyl (C=O) groups is 1. The fourth-order valence-electron chi connectivity index (χ4n) is 2.19. The molecule has 4 nitrogen and oxygen atoms in total. The minimum absolute atomic E-state index is 0.459. The van der Waals surface area contributed by atoms with Crippen LogP contribution in [0.4, 0.5) is 0 Å². The van der Waals surface area contributed by atoms with Crippen LogP contribution in [0.1, 0.15) is 11.5 Å². The summed E-state index contributed by atoms with van der Waals surface area (Å²) in [6.45, 7) is 0. The van der Waals surface area contributed by atoms with E-state index in [1.807, 2.05) is 0 Å². The maximum Gasteiger partial charge on any atom is 0.308 e. The van der Waals surface area contributed by atoms with Gasteiger partial charge < -0.3 is 5.11 Å². The molecule has 0 aromatic heterocycles. The molecule has 2 rings (SSSR count). The Kier molecular flexibility index (Phi) is 2.91. The monoisotopic (exact) mass is 274 g/mol. The Balaban J connectivity index is 2.34. The predicted molar refractivity (Wildman–Crippen MR) is 64.0 cm³/mol. The van der Waals surface area contributed by atoms with E-state index >= 15 is 0 Å². The van der Waals surface area contributed by atoms with Crippen molar-refractivity contribution in [2.75, 3.05) is 6.26 Å². The van der Waals surface area contributed by atoms with Gasteiger partial charge in [-0.2, -0.15) is 0 Å². The molecule has 0 saturated heterocycles. The second kappa shape index (κ2) is 3.99. The molecule has 0 bridgehead atoms. The summed E-state index contributed by atoms with van der Waals surface area (Å²) < 4.78 is 22.9. The lowest BCUT2D eigenvalue weighted by Crippen LogP contribution is -2.10. The van der Waals surface area contributed by atoms with Crippen LogP contribution in [0.25, 0.3) is 0 Å². The molecule has 1 aliphatic carbocycles. The number of halogens is 1. The lowest BCUT2D eigenvalue weighted by atomic mass is 10.1. The number of hydrogen-bond acceptors (Lipinski definition) is 3. The molecule has 92 valence electrons. The van der Waals surface area contributed by atoms with E-state index in [-0.39, 0.29) is 0 Å². The van der Waals surface area contributed by atoms with Crippen molar-refractivity contribution in [2.45, 2.75) is 11.2 Å². The van der Waals surface area contributed by atoms with Gasteiger partial charge in [0.25, 0.3) is 0 Å². The van der Waals surface area contributed by atoms with Crippen molar-refractivity contribution in [3.63, 3.8) is 0 Å². The van der Waals surface area contributed by atoms with Crippen molar-refractivity contribution in [1.29, 1.82) is 0 Å². The third kappa shape index (κ3) is 2.30. The predicted octanol–water partition coefficient (Wildman–Crippen LogP) is 1.55. The fourth-order valence-corrected chi connectivity index (χ4v) is 3.90. The van der Waals surface area contributed by atoms with Crippen LogP contribution >= 0.6 is 11.6 Å². The second-order valence-electron chi connectivity index (χ2n) is 4.24. The van der Waals surface area contributed by atoms with E-state index in [0.29, 0.717) is 10.6 Å². The molecule has 1 aliphatic rings. The Morgan fingerprint density at radius 3 is 2.18 bits per heavy atom. The highest BCUT2D eigenvalue weighted by Crippen LogP contribution is 2.52. The average molecular weight is 275 g/mol. The van der Waals surface area contributed by atoms with E-state index in [2.05, 4.69) is 0 Å². The van der Waals surface area contributed by atoms with Gasteiger partial charge in [0.15, 0.2) is 9.84 Å². The first-order chi connectivity index (χ1) is 7.82. The normalized spacial score (nSPS) is 27.8. The van der Waals surface area contributed by atoms with Crippen molar-refractivity contribution in [1.82, 2.24) is 0 Å². The van der Waals surface area contributed by atoms with Crippen molar-refractivity contribution >= 4 is 27.4 Å². The van der Waals surface area contributed by atoms with Crippen molar-refractivity contribution in [3.05, 3.63) is 34.9 Å². The molecule has 0 amide bonds. The van der Waals surface area contributed by atoms with Crippen LogP contribution in [0.15, 0.2) is 24.3 Å². The molecule has 0 aliphatic heterocycles. The van der Waals surface area contributed by atoms with Gasteiger partial charge in [-0.3, -0.25) is 4.79 Å². The van der Waals surface area contributed by atoms with E-state index in [0.717, 1.165) is 6.26 Å². The highest BCUT2D eigenvalue weighted by molar-refractivity contribution is 7.91. The molecule has 0 spiro atoms. The molecule has 1 aromatic rings. The molecule has 1 saturated carbocycles. The van der Waals surface area contributed by atoms with Gasteiger partial charge in [-0.05, 0) is 17.7 Å². The van der Waals surface area contributed by atoms with Gasteiger partial charge >= 0.3 is 5.97 Å². The van der Waals surface area contributed by atoms with Crippen LogP contribution in [0.3, 0.4) is 0 Å². The van der Waals surface area contributed by atoms with Gasteiger partial charge in [-0.1, -0.05) is 23.7 Å². The van der Waals surface area contributed by atoms with E-state index < -0.39 is 32.9 Å². The van der Waals surface area contributed by atoms with E-state index in [9.17, 15) is 13.2 Å². The van der Waals surface area contributed by atoms with Gasteiger partial charge in [-0.25, -0.2) is 8.42 Å². The van der Waals surface area contributed by atoms with Crippen LogP contribution in [0.5, 0.6) is 0 Å². The summed E-state index contributed by atoms with van der Waals surface area (Å²) >= 11 is 5.73. The first-order valence-electron chi connectivity index (χ1n) is 4.99. The Bertz CT molecular complexity index is 549. The Morgan fingerprint density at radius 2 is 1.82 bits per heavy atom. The van der Waals surface area contributed by atoms with Gasteiger partial charge in [0, 0.05) is 17.2 Å². The lowest BCUT2D eigenvalue weighted by molar-refractivity contribution is -0.138. The molecule has 1 aromatic carbocycles. The largest absolute Gasteiger partial charge is 0.481 e. The van der Waals surface area contributed by atoms with Crippen LogP contribution < -0.4 is 0 Å². The molecule has 0 radical (unpaired) electrons. The fraction of sp³-hybridized carbons (Fsp3) is 0.364. The Morgan fingerprint density at radius 1 is 1.29 bits per heavy atom. The van der Waals surface area contributed by atoms with E-state index in [1.165, 1.54) is 0 Å². The number of rotatable bonds is 3. The zero-order valence-electron chi connectivity index (χ0n) is 9.00. The third-order valence-corrected chi connectivity index (χ3v) is 4.82. The first kappa shape index (κ1) is 12.4. The molecule has 0 heterocycles.